The monoisotopic (exact) mass is 423 g/mol. The summed E-state index contributed by atoms with van der Waals surface area (Å²) >= 11 is 1.18. The van der Waals surface area contributed by atoms with Gasteiger partial charge in [0.25, 0.3) is 10.0 Å². The first kappa shape index (κ1) is 23.4. The molecule has 2 rings (SSSR count). The number of nitrogens with zero attached hydrogens (tertiary/aromatic N) is 1. The van der Waals surface area contributed by atoms with Crippen LogP contribution in [0.5, 0.6) is 0 Å². The van der Waals surface area contributed by atoms with E-state index in [1.165, 1.54) is 11.3 Å². The Balaban J connectivity index is 0.00000338. The molecule has 1 amide bonds. The van der Waals surface area contributed by atoms with Crippen molar-refractivity contribution >= 4 is 39.7 Å². The van der Waals surface area contributed by atoms with Gasteiger partial charge in [0.1, 0.15) is 4.21 Å². The third-order valence-corrected chi connectivity index (χ3v) is 8.46. The summed E-state index contributed by atoms with van der Waals surface area (Å²) in [5.74, 6) is 0.0743. The second kappa shape index (κ2) is 9.50. The number of rotatable bonds is 7. The summed E-state index contributed by atoms with van der Waals surface area (Å²) in [6, 6.07) is 3.35. The van der Waals surface area contributed by atoms with Crippen LogP contribution in [0.3, 0.4) is 0 Å². The van der Waals surface area contributed by atoms with Crippen LogP contribution in [0.25, 0.3) is 0 Å². The molecule has 9 heteroatoms. The molecule has 3 N–H and O–H groups in total. The van der Waals surface area contributed by atoms with Gasteiger partial charge in [-0.1, -0.05) is 20.3 Å². The molecule has 1 fully saturated rings. The van der Waals surface area contributed by atoms with Gasteiger partial charge in [-0.2, -0.15) is 4.31 Å². The summed E-state index contributed by atoms with van der Waals surface area (Å²) < 4.78 is 27.2. The highest BCUT2D eigenvalue weighted by atomic mass is 35.5. The zero-order chi connectivity index (χ0) is 18.7. The fourth-order valence-electron chi connectivity index (χ4n) is 2.78. The molecule has 1 aliphatic heterocycles. The third-order valence-electron chi connectivity index (χ3n) is 5.00. The Labute approximate surface area is 167 Å². The average molecular weight is 424 g/mol. The molecule has 1 aromatic heterocycles. The minimum atomic E-state index is -3.43. The highest BCUT2D eigenvalue weighted by Crippen LogP contribution is 2.27. The maximum absolute atomic E-state index is 12.7. The molecule has 26 heavy (non-hydrogen) atoms. The van der Waals surface area contributed by atoms with Gasteiger partial charge >= 0.3 is 0 Å². The number of carbonyl (C=O) groups excluding carboxylic acids is 1. The van der Waals surface area contributed by atoms with Gasteiger partial charge in [-0.05, 0) is 37.8 Å². The summed E-state index contributed by atoms with van der Waals surface area (Å²) in [5, 5.41) is 2.99. The van der Waals surface area contributed by atoms with Gasteiger partial charge in [0, 0.05) is 24.5 Å². The van der Waals surface area contributed by atoms with Gasteiger partial charge in [-0.15, -0.1) is 23.7 Å². The van der Waals surface area contributed by atoms with Crippen molar-refractivity contribution in [1.29, 1.82) is 0 Å². The molecule has 1 atom stereocenters. The van der Waals surface area contributed by atoms with Crippen LogP contribution in [0.2, 0.25) is 0 Å². The fraction of sp³-hybridized carbons (Fsp3) is 0.706. The molecule has 2 heterocycles. The largest absolute Gasteiger partial charge is 0.349 e. The summed E-state index contributed by atoms with van der Waals surface area (Å²) in [6.45, 7) is 7.48. The first-order chi connectivity index (χ1) is 11.7. The van der Waals surface area contributed by atoms with Crippen molar-refractivity contribution in [3.63, 3.8) is 0 Å². The van der Waals surface area contributed by atoms with Crippen LogP contribution >= 0.6 is 23.7 Å². The topological polar surface area (TPSA) is 92.5 Å². The number of halogens is 1. The Morgan fingerprint density at radius 2 is 1.92 bits per heavy atom. The zero-order valence-electron chi connectivity index (χ0n) is 15.7. The number of amides is 1. The molecule has 0 radical (unpaired) electrons. The van der Waals surface area contributed by atoms with E-state index >= 15 is 0 Å². The van der Waals surface area contributed by atoms with Gasteiger partial charge < -0.3 is 11.1 Å². The van der Waals surface area contributed by atoms with E-state index in [0.29, 0.717) is 23.8 Å². The molecule has 0 spiro atoms. The van der Waals surface area contributed by atoms with E-state index in [0.717, 1.165) is 24.1 Å². The van der Waals surface area contributed by atoms with E-state index in [-0.39, 0.29) is 30.7 Å². The number of hydrogen-bond donors (Lipinski definition) is 2. The highest BCUT2D eigenvalue weighted by Gasteiger charge is 2.30. The van der Waals surface area contributed by atoms with Crippen LogP contribution in [0.4, 0.5) is 0 Å². The van der Waals surface area contributed by atoms with E-state index in [4.69, 9.17) is 5.73 Å². The van der Waals surface area contributed by atoms with E-state index in [9.17, 15) is 13.2 Å². The molecule has 0 bridgehead atoms. The molecule has 1 saturated heterocycles. The van der Waals surface area contributed by atoms with Crippen molar-refractivity contribution in [2.24, 2.45) is 11.7 Å². The number of sulfonamides is 1. The fourth-order valence-corrected chi connectivity index (χ4v) is 5.80. The van der Waals surface area contributed by atoms with Gasteiger partial charge in [-0.3, -0.25) is 4.79 Å². The van der Waals surface area contributed by atoms with Crippen molar-refractivity contribution < 1.29 is 13.2 Å². The number of nitrogens with one attached hydrogen (secondary N) is 1. The Bertz CT molecular complexity index is 700. The van der Waals surface area contributed by atoms with Crippen molar-refractivity contribution in [2.75, 3.05) is 19.6 Å². The van der Waals surface area contributed by atoms with Gasteiger partial charge in [-0.25, -0.2) is 8.42 Å². The third kappa shape index (κ3) is 5.42. The van der Waals surface area contributed by atoms with E-state index in [2.05, 4.69) is 5.32 Å². The Morgan fingerprint density at radius 1 is 1.31 bits per heavy atom. The van der Waals surface area contributed by atoms with Crippen LogP contribution in [-0.4, -0.2) is 43.8 Å². The second-order valence-electron chi connectivity index (χ2n) is 7.19. The SMILES string of the molecule is CC(C)C(C)(CN)NC(=O)Cc1ccc(S(=O)(=O)N2CCCCC2)s1.Cl. The van der Waals surface area contributed by atoms with Crippen molar-refractivity contribution in [2.45, 2.75) is 56.2 Å². The zero-order valence-corrected chi connectivity index (χ0v) is 18.1. The molecule has 6 nitrogen and oxygen atoms in total. The van der Waals surface area contributed by atoms with Crippen LogP contribution in [0.1, 0.15) is 44.9 Å². The highest BCUT2D eigenvalue weighted by molar-refractivity contribution is 7.91. The molecule has 1 unspecified atom stereocenters. The smallest absolute Gasteiger partial charge is 0.252 e. The van der Waals surface area contributed by atoms with Crippen molar-refractivity contribution in [3.8, 4) is 0 Å². The lowest BCUT2D eigenvalue weighted by molar-refractivity contribution is -0.122. The lowest BCUT2D eigenvalue weighted by Gasteiger charge is -2.33. The number of nitrogens with two attached hydrogens (primary N) is 1. The molecule has 150 valence electrons. The maximum Gasteiger partial charge on any atom is 0.252 e. The summed E-state index contributed by atoms with van der Waals surface area (Å²) in [5.41, 5.74) is 5.34. The van der Waals surface area contributed by atoms with Crippen LogP contribution in [-0.2, 0) is 21.2 Å². The number of hydrogen-bond acceptors (Lipinski definition) is 5. The molecule has 0 aromatic carbocycles. The van der Waals surface area contributed by atoms with E-state index < -0.39 is 15.6 Å². The standard InChI is InChI=1S/C17H29N3O3S2.ClH/c1-13(2)17(3,12-18)19-15(21)11-14-7-8-16(24-14)25(22,23)20-9-5-4-6-10-20;/h7-8,13H,4-6,9-12,18H2,1-3H3,(H,19,21);1H. The van der Waals surface area contributed by atoms with E-state index in [1.807, 2.05) is 20.8 Å². The molecule has 1 aromatic rings. The molecule has 0 aliphatic carbocycles. The Kier molecular flexibility index (Phi) is 8.54. The van der Waals surface area contributed by atoms with Gasteiger partial charge in [0.05, 0.1) is 12.0 Å². The molecule has 1 aliphatic rings. The van der Waals surface area contributed by atoms with Crippen LogP contribution in [0, 0.1) is 5.92 Å². The number of carbonyl (C=O) groups is 1. The summed E-state index contributed by atoms with van der Waals surface area (Å²) in [6.07, 6.45) is 3.07. The van der Waals surface area contributed by atoms with Crippen molar-refractivity contribution in [1.82, 2.24) is 9.62 Å². The lowest BCUT2D eigenvalue weighted by Crippen LogP contribution is -2.55. The van der Waals surface area contributed by atoms with E-state index in [1.54, 1.807) is 16.4 Å². The predicted octanol–water partition coefficient (Wildman–Crippen LogP) is 2.38. The number of thiophene rings is 1. The van der Waals surface area contributed by atoms with Gasteiger partial charge in [0.2, 0.25) is 5.91 Å². The quantitative estimate of drug-likeness (QED) is 0.704. The molecule has 0 saturated carbocycles. The molecular weight excluding hydrogens is 394 g/mol. The Hall–Kier alpha value is -0.670. The average Bonchev–Trinajstić information content (AvgIpc) is 3.04. The minimum absolute atomic E-state index is 0. The maximum atomic E-state index is 12.7. The van der Waals surface area contributed by atoms with Crippen LogP contribution in [0.15, 0.2) is 16.3 Å². The van der Waals surface area contributed by atoms with Gasteiger partial charge in [0.15, 0.2) is 0 Å². The minimum Gasteiger partial charge on any atom is -0.349 e. The predicted molar refractivity (Wildman–Crippen MR) is 108 cm³/mol. The summed E-state index contributed by atoms with van der Waals surface area (Å²) in [4.78, 5) is 13.1. The number of piperidine rings is 1. The molecular formula is C17H30ClN3O3S2. The van der Waals surface area contributed by atoms with Crippen molar-refractivity contribution in [3.05, 3.63) is 17.0 Å². The normalized spacial score (nSPS) is 18.2. The van der Waals surface area contributed by atoms with Crippen LogP contribution < -0.4 is 11.1 Å². The first-order valence-electron chi connectivity index (χ1n) is 8.79. The summed E-state index contributed by atoms with van der Waals surface area (Å²) in [7, 11) is -3.43. The first-order valence-corrected chi connectivity index (χ1v) is 11.0. The lowest BCUT2D eigenvalue weighted by atomic mass is 9.88. The Morgan fingerprint density at radius 3 is 2.46 bits per heavy atom. The second-order valence-corrected chi connectivity index (χ2v) is 10.5.